The van der Waals surface area contributed by atoms with Gasteiger partial charge in [0.15, 0.2) is 5.75 Å². The van der Waals surface area contributed by atoms with Crippen molar-refractivity contribution in [3.05, 3.63) is 53.6 Å². The molecule has 23 heavy (non-hydrogen) atoms. The first-order valence-electron chi connectivity index (χ1n) is 7.47. The zero-order valence-electron chi connectivity index (χ0n) is 13.1. The van der Waals surface area contributed by atoms with Gasteiger partial charge in [-0.15, -0.1) is 0 Å². The maximum atomic E-state index is 12.2. The highest BCUT2D eigenvalue weighted by molar-refractivity contribution is 5.97. The van der Waals surface area contributed by atoms with Crippen LogP contribution in [0.1, 0.15) is 17.5 Å². The number of rotatable bonds is 3. The molecule has 2 N–H and O–H groups in total. The minimum Gasteiger partial charge on any atom is -0.423 e. The third-order valence-electron chi connectivity index (χ3n) is 3.76. The van der Waals surface area contributed by atoms with Crippen molar-refractivity contribution in [2.24, 2.45) is 0 Å². The third kappa shape index (κ3) is 3.34. The van der Waals surface area contributed by atoms with E-state index in [9.17, 15) is 9.59 Å². The highest BCUT2D eigenvalue weighted by Crippen LogP contribution is 2.29. The molecule has 0 fully saturated rings. The zero-order valence-corrected chi connectivity index (χ0v) is 13.1. The first kappa shape index (κ1) is 15.1. The summed E-state index contributed by atoms with van der Waals surface area (Å²) in [6, 6.07) is 12.3. The molecule has 0 saturated carbocycles. The van der Waals surface area contributed by atoms with Crippen LogP contribution in [0.25, 0.3) is 0 Å². The summed E-state index contributed by atoms with van der Waals surface area (Å²) in [5.74, 6) is -0.186. The van der Waals surface area contributed by atoms with Crippen LogP contribution >= 0.6 is 0 Å². The van der Waals surface area contributed by atoms with Gasteiger partial charge >= 0.3 is 5.97 Å². The van der Waals surface area contributed by atoms with Crippen molar-refractivity contribution in [2.75, 3.05) is 10.6 Å². The first-order valence-corrected chi connectivity index (χ1v) is 7.47. The molecule has 0 saturated heterocycles. The van der Waals surface area contributed by atoms with Crippen LogP contribution in [0.15, 0.2) is 42.5 Å². The van der Waals surface area contributed by atoms with Gasteiger partial charge in [-0.1, -0.05) is 29.8 Å². The van der Waals surface area contributed by atoms with Crippen LogP contribution < -0.4 is 15.4 Å². The third-order valence-corrected chi connectivity index (χ3v) is 3.76. The largest absolute Gasteiger partial charge is 0.423 e. The Balaban J connectivity index is 1.67. The number of para-hydroxylation sites is 2. The second-order valence-electron chi connectivity index (χ2n) is 5.68. The quantitative estimate of drug-likeness (QED) is 0.675. The highest BCUT2D eigenvalue weighted by Gasteiger charge is 2.29. The van der Waals surface area contributed by atoms with E-state index < -0.39 is 12.0 Å². The molecule has 0 spiro atoms. The number of anilines is 2. The average Bonchev–Trinajstić information content (AvgIpc) is 2.51. The molecule has 3 rings (SSSR count). The maximum absolute atomic E-state index is 12.2. The number of hydrogen-bond donors (Lipinski definition) is 2. The molecule has 118 valence electrons. The second kappa shape index (κ2) is 6.12. The predicted molar refractivity (Wildman–Crippen MR) is 88.7 cm³/mol. The lowest BCUT2D eigenvalue weighted by atomic mass is 10.1. The van der Waals surface area contributed by atoms with Crippen molar-refractivity contribution in [2.45, 2.75) is 26.3 Å². The fourth-order valence-corrected chi connectivity index (χ4v) is 2.58. The van der Waals surface area contributed by atoms with Crippen LogP contribution in [0.3, 0.4) is 0 Å². The Hall–Kier alpha value is -2.82. The monoisotopic (exact) mass is 310 g/mol. The normalized spacial score (nSPS) is 16.1. The Morgan fingerprint density at radius 1 is 1.22 bits per heavy atom. The summed E-state index contributed by atoms with van der Waals surface area (Å²) in [5.41, 5.74) is 3.60. The van der Waals surface area contributed by atoms with Gasteiger partial charge < -0.3 is 15.4 Å². The fraction of sp³-hybridized carbons (Fsp3) is 0.222. The fourth-order valence-electron chi connectivity index (χ4n) is 2.58. The van der Waals surface area contributed by atoms with Crippen LogP contribution in [0.4, 0.5) is 11.4 Å². The summed E-state index contributed by atoms with van der Waals surface area (Å²) in [6.07, 6.45) is 0.0144. The van der Waals surface area contributed by atoms with Crippen molar-refractivity contribution < 1.29 is 14.3 Å². The second-order valence-corrected chi connectivity index (χ2v) is 5.68. The lowest BCUT2D eigenvalue weighted by Gasteiger charge is -2.25. The van der Waals surface area contributed by atoms with E-state index in [2.05, 4.69) is 10.6 Å². The Kier molecular flexibility index (Phi) is 4.02. The van der Waals surface area contributed by atoms with E-state index in [4.69, 9.17) is 4.74 Å². The van der Waals surface area contributed by atoms with Gasteiger partial charge in [-0.25, -0.2) is 4.79 Å². The number of carbonyl (C=O) groups is 2. The van der Waals surface area contributed by atoms with Gasteiger partial charge in [0.25, 0.3) is 0 Å². The van der Waals surface area contributed by atoms with Crippen LogP contribution in [-0.4, -0.2) is 17.9 Å². The van der Waals surface area contributed by atoms with Crippen LogP contribution in [-0.2, 0) is 9.59 Å². The van der Waals surface area contributed by atoms with Crippen molar-refractivity contribution in [1.82, 2.24) is 0 Å². The molecule has 5 nitrogen and oxygen atoms in total. The molecule has 0 aromatic heterocycles. The molecule has 1 amide bonds. The molecular weight excluding hydrogens is 292 g/mol. The topological polar surface area (TPSA) is 67.4 Å². The Morgan fingerprint density at radius 2 is 2.00 bits per heavy atom. The molecule has 0 bridgehead atoms. The number of nitrogens with one attached hydrogen (secondary N) is 2. The lowest BCUT2D eigenvalue weighted by molar-refractivity contribution is -0.137. The molecule has 0 radical (unpaired) electrons. The molecule has 1 aliphatic heterocycles. The van der Waals surface area contributed by atoms with E-state index >= 15 is 0 Å². The summed E-state index contributed by atoms with van der Waals surface area (Å²) in [4.78, 5) is 24.2. The summed E-state index contributed by atoms with van der Waals surface area (Å²) >= 11 is 0. The number of amides is 1. The predicted octanol–water partition coefficient (Wildman–Crippen LogP) is 3.03. The Bertz CT molecular complexity index is 771. The molecule has 0 aliphatic carbocycles. The number of esters is 1. The average molecular weight is 310 g/mol. The number of ether oxygens (including phenoxy) is 1. The van der Waals surface area contributed by atoms with Gasteiger partial charge in [0.05, 0.1) is 12.1 Å². The molecule has 1 aliphatic rings. The van der Waals surface area contributed by atoms with E-state index in [1.165, 1.54) is 0 Å². The Morgan fingerprint density at radius 3 is 2.78 bits per heavy atom. The summed E-state index contributed by atoms with van der Waals surface area (Å²) in [6.45, 7) is 3.93. The first-order chi connectivity index (χ1) is 11.0. The SMILES string of the molecule is Cc1ccc(NC(=O)C[C@H]2Nc3ccccc3OC2=O)c(C)c1. The molecule has 5 heteroatoms. The number of carbonyl (C=O) groups excluding carboxylic acids is 2. The summed E-state index contributed by atoms with van der Waals surface area (Å²) < 4.78 is 5.25. The molecule has 2 aromatic rings. The summed E-state index contributed by atoms with van der Waals surface area (Å²) in [5, 5.41) is 5.89. The molecule has 2 aromatic carbocycles. The van der Waals surface area contributed by atoms with Gasteiger partial charge in [-0.05, 0) is 37.6 Å². The Labute approximate surface area is 134 Å². The number of aryl methyl sites for hydroxylation is 2. The van der Waals surface area contributed by atoms with E-state index in [0.29, 0.717) is 5.75 Å². The van der Waals surface area contributed by atoms with Crippen LogP contribution in [0.5, 0.6) is 5.75 Å². The van der Waals surface area contributed by atoms with Gasteiger partial charge in [0, 0.05) is 5.69 Å². The summed E-state index contributed by atoms with van der Waals surface area (Å²) in [7, 11) is 0. The van der Waals surface area contributed by atoms with Crippen molar-refractivity contribution in [3.63, 3.8) is 0 Å². The molecule has 1 heterocycles. The number of fused-ring (bicyclic) bond motifs is 1. The molecule has 0 unspecified atom stereocenters. The van der Waals surface area contributed by atoms with Gasteiger partial charge in [-0.3, -0.25) is 4.79 Å². The minimum absolute atomic E-state index is 0.0144. The van der Waals surface area contributed by atoms with E-state index in [1.807, 2.05) is 44.2 Å². The highest BCUT2D eigenvalue weighted by atomic mass is 16.5. The van der Waals surface area contributed by atoms with E-state index in [1.54, 1.807) is 12.1 Å². The standard InChI is InChI=1S/C18H18N2O3/c1-11-7-8-13(12(2)9-11)20-17(21)10-15-18(22)23-16-6-4-3-5-14(16)19-15/h3-9,15,19H,10H2,1-2H3,(H,20,21)/t15-/m1/s1. The molecule has 1 atom stereocenters. The lowest BCUT2D eigenvalue weighted by Crippen LogP contribution is -2.39. The minimum atomic E-state index is -0.685. The van der Waals surface area contributed by atoms with Crippen molar-refractivity contribution in [1.29, 1.82) is 0 Å². The van der Waals surface area contributed by atoms with Gasteiger partial charge in [0.1, 0.15) is 6.04 Å². The number of benzene rings is 2. The number of hydrogen-bond acceptors (Lipinski definition) is 4. The van der Waals surface area contributed by atoms with Crippen molar-refractivity contribution in [3.8, 4) is 5.75 Å². The molecular formula is C18H18N2O3. The van der Waals surface area contributed by atoms with Crippen LogP contribution in [0, 0.1) is 13.8 Å². The zero-order chi connectivity index (χ0) is 16.4. The van der Waals surface area contributed by atoms with Crippen LogP contribution in [0.2, 0.25) is 0 Å². The van der Waals surface area contributed by atoms with Crippen molar-refractivity contribution >= 4 is 23.3 Å². The van der Waals surface area contributed by atoms with Gasteiger partial charge in [0.2, 0.25) is 5.91 Å². The smallest absolute Gasteiger partial charge is 0.334 e. The maximum Gasteiger partial charge on any atom is 0.334 e. The van der Waals surface area contributed by atoms with E-state index in [0.717, 1.165) is 22.5 Å². The van der Waals surface area contributed by atoms with E-state index in [-0.39, 0.29) is 12.3 Å². The van der Waals surface area contributed by atoms with Gasteiger partial charge in [-0.2, -0.15) is 0 Å².